The number of fused-ring (bicyclic) bond motifs is 1. The Hall–Kier alpha value is -2.73. The lowest BCUT2D eigenvalue weighted by molar-refractivity contribution is -0.121. The van der Waals surface area contributed by atoms with Gasteiger partial charge in [-0.3, -0.25) is 4.79 Å². The molecule has 1 unspecified atom stereocenters. The molecule has 1 atom stereocenters. The monoisotopic (exact) mass is 369 g/mol. The number of nitrogens with zero attached hydrogens (tertiary/aromatic N) is 2. The summed E-state index contributed by atoms with van der Waals surface area (Å²) in [5, 5.41) is 2.89. The molecule has 0 saturated heterocycles. The molecule has 1 amide bonds. The van der Waals surface area contributed by atoms with Gasteiger partial charge in [0.15, 0.2) is 0 Å². The molecule has 0 aliphatic heterocycles. The van der Waals surface area contributed by atoms with Gasteiger partial charge in [0.1, 0.15) is 11.5 Å². The van der Waals surface area contributed by atoms with E-state index >= 15 is 0 Å². The van der Waals surface area contributed by atoms with E-state index in [1.807, 2.05) is 29.7 Å². The first kappa shape index (κ1) is 19.0. The number of imidazole rings is 1. The summed E-state index contributed by atoms with van der Waals surface area (Å²) in [4.78, 5) is 17.0. The smallest absolute Gasteiger partial charge is 0.221 e. The molecule has 3 rings (SSSR count). The molecular formula is C21H24FN3O2. The summed E-state index contributed by atoms with van der Waals surface area (Å²) >= 11 is 0. The minimum atomic E-state index is -0.426. The third-order valence-corrected chi connectivity index (χ3v) is 4.63. The Bertz CT molecular complexity index is 923. The van der Waals surface area contributed by atoms with Crippen molar-refractivity contribution in [1.29, 1.82) is 0 Å². The predicted molar refractivity (Wildman–Crippen MR) is 102 cm³/mol. The molecule has 2 heterocycles. The molecule has 0 fully saturated rings. The highest BCUT2D eigenvalue weighted by atomic mass is 19.1. The molecule has 6 heteroatoms. The first-order valence-electron chi connectivity index (χ1n) is 9.04. The summed E-state index contributed by atoms with van der Waals surface area (Å²) in [5.41, 5.74) is 3.13. The van der Waals surface area contributed by atoms with E-state index in [0.717, 1.165) is 23.3 Å². The molecule has 0 aliphatic carbocycles. The van der Waals surface area contributed by atoms with Crippen molar-refractivity contribution in [2.45, 2.75) is 25.7 Å². The van der Waals surface area contributed by atoms with Crippen LogP contribution in [-0.2, 0) is 9.53 Å². The van der Waals surface area contributed by atoms with E-state index < -0.39 is 5.92 Å². The van der Waals surface area contributed by atoms with Crippen LogP contribution in [0.3, 0.4) is 0 Å². The summed E-state index contributed by atoms with van der Waals surface area (Å²) in [6.07, 6.45) is 4.52. The number of hydrogen-bond acceptors (Lipinski definition) is 3. The number of nitrogens with one attached hydrogen (secondary N) is 1. The SMILES string of the molecule is COCCCNC(=O)CC(c1ccccc1F)c1cnc2c(C)cccn12. The quantitative estimate of drug-likeness (QED) is 0.619. The summed E-state index contributed by atoms with van der Waals surface area (Å²) in [6.45, 7) is 3.10. The minimum absolute atomic E-state index is 0.123. The van der Waals surface area contributed by atoms with Crippen molar-refractivity contribution in [3.05, 3.63) is 71.4 Å². The van der Waals surface area contributed by atoms with Crippen molar-refractivity contribution in [3.63, 3.8) is 0 Å². The average molecular weight is 369 g/mol. The summed E-state index contributed by atoms with van der Waals surface area (Å²) in [7, 11) is 1.63. The highest BCUT2D eigenvalue weighted by Gasteiger charge is 2.24. The molecule has 27 heavy (non-hydrogen) atoms. The second-order valence-electron chi connectivity index (χ2n) is 6.54. The zero-order valence-electron chi connectivity index (χ0n) is 15.6. The number of ether oxygens (including phenoxy) is 1. The Morgan fingerprint density at radius 2 is 2.11 bits per heavy atom. The second-order valence-corrected chi connectivity index (χ2v) is 6.54. The summed E-state index contributed by atoms with van der Waals surface area (Å²) < 4.78 is 21.5. The second kappa shape index (κ2) is 8.77. The van der Waals surface area contributed by atoms with Crippen LogP contribution in [0, 0.1) is 12.7 Å². The van der Waals surface area contributed by atoms with Crippen LogP contribution in [-0.4, -0.2) is 35.6 Å². The van der Waals surface area contributed by atoms with Crippen molar-refractivity contribution >= 4 is 11.6 Å². The van der Waals surface area contributed by atoms with Crippen LogP contribution in [0.2, 0.25) is 0 Å². The third kappa shape index (κ3) is 4.34. The molecule has 0 aliphatic rings. The number of methoxy groups -OCH3 is 1. The first-order chi connectivity index (χ1) is 13.1. The summed E-state index contributed by atoms with van der Waals surface area (Å²) in [5.74, 6) is -0.871. The van der Waals surface area contributed by atoms with Gasteiger partial charge < -0.3 is 14.5 Å². The zero-order valence-corrected chi connectivity index (χ0v) is 15.6. The van der Waals surface area contributed by atoms with Gasteiger partial charge in [0.05, 0.1) is 5.69 Å². The normalized spacial score (nSPS) is 12.3. The van der Waals surface area contributed by atoms with Crippen molar-refractivity contribution in [2.75, 3.05) is 20.3 Å². The molecule has 0 saturated carbocycles. The molecule has 1 N–H and O–H groups in total. The van der Waals surface area contributed by atoms with Crippen molar-refractivity contribution < 1.29 is 13.9 Å². The Labute approximate surface area is 158 Å². The van der Waals surface area contributed by atoms with Crippen molar-refractivity contribution in [3.8, 4) is 0 Å². The number of pyridine rings is 1. The van der Waals surface area contributed by atoms with Gasteiger partial charge in [0, 0.05) is 45.0 Å². The van der Waals surface area contributed by atoms with E-state index in [2.05, 4.69) is 10.3 Å². The van der Waals surface area contributed by atoms with Crippen molar-refractivity contribution in [2.24, 2.45) is 0 Å². The van der Waals surface area contributed by atoms with Gasteiger partial charge in [-0.1, -0.05) is 24.3 Å². The van der Waals surface area contributed by atoms with E-state index in [1.165, 1.54) is 6.07 Å². The largest absolute Gasteiger partial charge is 0.385 e. The van der Waals surface area contributed by atoms with Gasteiger partial charge in [-0.2, -0.15) is 0 Å². The Morgan fingerprint density at radius 1 is 1.30 bits per heavy atom. The maximum Gasteiger partial charge on any atom is 0.221 e. The highest BCUT2D eigenvalue weighted by molar-refractivity contribution is 5.77. The number of amides is 1. The van der Waals surface area contributed by atoms with Gasteiger partial charge in [-0.05, 0) is 36.6 Å². The number of hydrogen-bond donors (Lipinski definition) is 1. The number of benzene rings is 1. The maximum absolute atomic E-state index is 14.5. The first-order valence-corrected chi connectivity index (χ1v) is 9.04. The molecule has 1 aromatic carbocycles. The molecule has 0 spiro atoms. The number of carbonyl (C=O) groups excluding carboxylic acids is 1. The van der Waals surface area contributed by atoms with Crippen molar-refractivity contribution in [1.82, 2.24) is 14.7 Å². The van der Waals surface area contributed by atoms with Crippen LogP contribution in [0.1, 0.15) is 35.6 Å². The van der Waals surface area contributed by atoms with E-state index in [9.17, 15) is 9.18 Å². The lowest BCUT2D eigenvalue weighted by Crippen LogP contribution is -2.27. The fourth-order valence-electron chi connectivity index (χ4n) is 3.26. The number of carbonyl (C=O) groups is 1. The van der Waals surface area contributed by atoms with E-state index in [0.29, 0.717) is 18.7 Å². The lowest BCUT2D eigenvalue weighted by atomic mass is 9.92. The molecule has 5 nitrogen and oxygen atoms in total. The van der Waals surface area contributed by atoms with Crippen LogP contribution in [0.25, 0.3) is 5.65 Å². The summed E-state index contributed by atoms with van der Waals surface area (Å²) in [6, 6.07) is 10.5. The van der Waals surface area contributed by atoms with Crippen LogP contribution in [0.15, 0.2) is 48.8 Å². The third-order valence-electron chi connectivity index (χ3n) is 4.63. The van der Waals surface area contributed by atoms with E-state index in [-0.39, 0.29) is 18.1 Å². The standard InChI is InChI=1S/C21H24FN3O2/c1-15-7-5-11-25-19(14-24-21(15)25)17(16-8-3-4-9-18(16)22)13-20(26)23-10-6-12-27-2/h3-5,7-9,11,14,17H,6,10,12-13H2,1-2H3,(H,23,26). The van der Waals surface area contributed by atoms with Crippen LogP contribution < -0.4 is 5.32 Å². The number of rotatable bonds is 8. The van der Waals surface area contributed by atoms with Gasteiger partial charge in [0.2, 0.25) is 5.91 Å². The highest BCUT2D eigenvalue weighted by Crippen LogP contribution is 2.31. The molecule has 0 bridgehead atoms. The van der Waals surface area contributed by atoms with E-state index in [1.54, 1.807) is 31.5 Å². The molecule has 2 aromatic heterocycles. The molecule has 142 valence electrons. The number of halogens is 1. The Morgan fingerprint density at radius 3 is 2.89 bits per heavy atom. The van der Waals surface area contributed by atoms with E-state index in [4.69, 9.17) is 4.74 Å². The average Bonchev–Trinajstić information content (AvgIpc) is 3.09. The van der Waals surface area contributed by atoms with Gasteiger partial charge in [0.25, 0.3) is 0 Å². The van der Waals surface area contributed by atoms with Crippen LogP contribution >= 0.6 is 0 Å². The Balaban J connectivity index is 1.92. The zero-order chi connectivity index (χ0) is 19.2. The molecule has 3 aromatic rings. The molecular weight excluding hydrogens is 345 g/mol. The van der Waals surface area contributed by atoms with Crippen LogP contribution in [0.4, 0.5) is 4.39 Å². The predicted octanol–water partition coefficient (Wildman–Crippen LogP) is 3.46. The van der Waals surface area contributed by atoms with Gasteiger partial charge in [-0.15, -0.1) is 0 Å². The minimum Gasteiger partial charge on any atom is -0.385 e. The van der Waals surface area contributed by atoms with Crippen LogP contribution in [0.5, 0.6) is 0 Å². The maximum atomic E-state index is 14.5. The molecule has 0 radical (unpaired) electrons. The number of aryl methyl sites for hydroxylation is 1. The van der Waals surface area contributed by atoms with Gasteiger partial charge in [-0.25, -0.2) is 9.37 Å². The fourth-order valence-corrected chi connectivity index (χ4v) is 3.26. The van der Waals surface area contributed by atoms with Gasteiger partial charge >= 0.3 is 0 Å². The number of aromatic nitrogens is 2. The lowest BCUT2D eigenvalue weighted by Gasteiger charge is -2.18. The Kier molecular flexibility index (Phi) is 6.19. The fraction of sp³-hybridized carbons (Fsp3) is 0.333. The topological polar surface area (TPSA) is 55.6 Å².